The van der Waals surface area contributed by atoms with Gasteiger partial charge in [-0.2, -0.15) is 0 Å². The van der Waals surface area contributed by atoms with Crippen molar-refractivity contribution in [1.29, 1.82) is 0 Å². The second kappa shape index (κ2) is 9.09. The molecule has 0 radical (unpaired) electrons. The highest BCUT2D eigenvalue weighted by Gasteiger charge is 2.16. The minimum absolute atomic E-state index is 0.114. The molecule has 0 fully saturated rings. The van der Waals surface area contributed by atoms with E-state index in [9.17, 15) is 9.18 Å². The molecule has 1 aliphatic rings. The van der Waals surface area contributed by atoms with Gasteiger partial charge in [0.2, 0.25) is 11.8 Å². The van der Waals surface area contributed by atoms with E-state index in [0.29, 0.717) is 51.7 Å². The molecule has 3 aromatic rings. The quantitative estimate of drug-likeness (QED) is 0.486. The standard InChI is InChI=1S/C21H17BrFN5O3/c1-2-19(29)27-17-8-13-16(9-18(17)31-10-20-24-5-6-30-20)25-11-26-21(13)28-15-4-3-12(22)7-14(15)23/h2-4,7-9,11H,1,5-6,10H2,(H,27,29)(H,25,26,28). The second-order valence-corrected chi connectivity index (χ2v) is 7.36. The van der Waals surface area contributed by atoms with Crippen LogP contribution in [0, 0.1) is 5.82 Å². The third kappa shape index (κ3) is 4.80. The average molecular weight is 486 g/mol. The Morgan fingerprint density at radius 3 is 2.90 bits per heavy atom. The highest BCUT2D eigenvalue weighted by atomic mass is 79.9. The zero-order valence-corrected chi connectivity index (χ0v) is 17.8. The Morgan fingerprint density at radius 1 is 1.29 bits per heavy atom. The summed E-state index contributed by atoms with van der Waals surface area (Å²) in [7, 11) is 0. The topological polar surface area (TPSA) is 97.7 Å². The number of rotatable bonds is 7. The number of hydrogen-bond donors (Lipinski definition) is 2. The van der Waals surface area contributed by atoms with Gasteiger partial charge in [-0.3, -0.25) is 4.79 Å². The maximum absolute atomic E-state index is 14.3. The van der Waals surface area contributed by atoms with Crippen LogP contribution in [0.3, 0.4) is 0 Å². The fraction of sp³-hybridized carbons (Fsp3) is 0.143. The number of nitrogens with one attached hydrogen (secondary N) is 2. The van der Waals surface area contributed by atoms with Crippen LogP contribution in [0.1, 0.15) is 0 Å². The Kier molecular flexibility index (Phi) is 6.08. The predicted octanol–water partition coefficient (Wildman–Crippen LogP) is 4.21. The van der Waals surface area contributed by atoms with Crippen molar-refractivity contribution < 1.29 is 18.7 Å². The van der Waals surface area contributed by atoms with Crippen molar-refractivity contribution in [3.63, 3.8) is 0 Å². The molecular formula is C21H17BrFN5O3. The normalized spacial score (nSPS) is 12.8. The summed E-state index contributed by atoms with van der Waals surface area (Å²) in [6.45, 7) is 4.70. The number of carbonyl (C=O) groups is 1. The third-order valence-electron chi connectivity index (χ3n) is 4.36. The molecule has 0 saturated carbocycles. The number of anilines is 3. The van der Waals surface area contributed by atoms with Crippen LogP contribution in [0.5, 0.6) is 5.75 Å². The maximum Gasteiger partial charge on any atom is 0.247 e. The molecule has 1 aromatic heterocycles. The van der Waals surface area contributed by atoms with Crippen molar-refractivity contribution in [1.82, 2.24) is 9.97 Å². The molecule has 2 heterocycles. The summed E-state index contributed by atoms with van der Waals surface area (Å²) in [5.41, 5.74) is 1.16. The summed E-state index contributed by atoms with van der Waals surface area (Å²) in [5.74, 6) is 0.371. The summed E-state index contributed by atoms with van der Waals surface area (Å²) in [6.07, 6.45) is 2.51. The third-order valence-corrected chi connectivity index (χ3v) is 4.86. The first-order chi connectivity index (χ1) is 15.0. The minimum atomic E-state index is -0.446. The largest absolute Gasteiger partial charge is 0.482 e. The fourth-order valence-corrected chi connectivity index (χ4v) is 3.24. The van der Waals surface area contributed by atoms with E-state index in [1.54, 1.807) is 24.3 Å². The maximum atomic E-state index is 14.3. The lowest BCUT2D eigenvalue weighted by Crippen LogP contribution is -2.14. The molecule has 1 amide bonds. The van der Waals surface area contributed by atoms with E-state index in [1.165, 1.54) is 12.4 Å². The first kappa shape index (κ1) is 20.7. The molecule has 1 aliphatic heterocycles. The second-order valence-electron chi connectivity index (χ2n) is 6.44. The minimum Gasteiger partial charge on any atom is -0.482 e. The van der Waals surface area contributed by atoms with Crippen LogP contribution in [-0.4, -0.2) is 41.5 Å². The lowest BCUT2D eigenvalue weighted by Gasteiger charge is -2.15. The zero-order valence-electron chi connectivity index (χ0n) is 16.2. The van der Waals surface area contributed by atoms with Gasteiger partial charge in [-0.15, -0.1) is 0 Å². The monoisotopic (exact) mass is 485 g/mol. The Morgan fingerprint density at radius 2 is 2.16 bits per heavy atom. The molecule has 0 spiro atoms. The highest BCUT2D eigenvalue weighted by Crippen LogP contribution is 2.34. The molecule has 0 unspecified atom stereocenters. The zero-order chi connectivity index (χ0) is 21.8. The molecule has 0 atom stereocenters. The molecule has 158 valence electrons. The Labute approximate surface area is 185 Å². The summed E-state index contributed by atoms with van der Waals surface area (Å²) >= 11 is 3.23. The summed E-state index contributed by atoms with van der Waals surface area (Å²) in [6, 6.07) is 7.97. The molecule has 2 N–H and O–H groups in total. The van der Waals surface area contributed by atoms with E-state index in [-0.39, 0.29) is 12.3 Å². The Bertz CT molecular complexity index is 1200. The molecular weight excluding hydrogens is 469 g/mol. The number of aliphatic imine (C=N–C) groups is 1. The van der Waals surface area contributed by atoms with Crippen molar-refractivity contribution in [3.8, 4) is 5.75 Å². The van der Waals surface area contributed by atoms with Crippen LogP contribution in [-0.2, 0) is 9.53 Å². The average Bonchev–Trinajstić information content (AvgIpc) is 3.28. The van der Waals surface area contributed by atoms with E-state index in [1.807, 2.05) is 0 Å². The first-order valence-corrected chi connectivity index (χ1v) is 10.1. The molecule has 0 aliphatic carbocycles. The van der Waals surface area contributed by atoms with Crippen LogP contribution in [0.25, 0.3) is 10.9 Å². The van der Waals surface area contributed by atoms with Gasteiger partial charge in [0.1, 0.15) is 30.3 Å². The first-order valence-electron chi connectivity index (χ1n) is 9.26. The van der Waals surface area contributed by atoms with Gasteiger partial charge in [0.25, 0.3) is 0 Å². The lowest BCUT2D eigenvalue weighted by molar-refractivity contribution is -0.111. The van der Waals surface area contributed by atoms with Gasteiger partial charge in [-0.05, 0) is 30.3 Å². The van der Waals surface area contributed by atoms with E-state index in [0.717, 1.165) is 6.08 Å². The molecule has 8 nitrogen and oxygen atoms in total. The van der Waals surface area contributed by atoms with Crippen LogP contribution < -0.4 is 15.4 Å². The van der Waals surface area contributed by atoms with Gasteiger partial charge in [0.15, 0.2) is 6.61 Å². The summed E-state index contributed by atoms with van der Waals surface area (Å²) in [4.78, 5) is 24.6. The van der Waals surface area contributed by atoms with Crippen molar-refractivity contribution >= 4 is 55.8 Å². The number of ether oxygens (including phenoxy) is 2. The van der Waals surface area contributed by atoms with E-state index >= 15 is 0 Å². The van der Waals surface area contributed by atoms with Crippen LogP contribution >= 0.6 is 15.9 Å². The number of carbonyl (C=O) groups excluding carboxylic acids is 1. The number of nitrogens with zero attached hydrogens (tertiary/aromatic N) is 3. The Balaban J connectivity index is 1.72. The van der Waals surface area contributed by atoms with Crippen molar-refractivity contribution in [2.75, 3.05) is 30.4 Å². The highest BCUT2D eigenvalue weighted by molar-refractivity contribution is 9.10. The van der Waals surface area contributed by atoms with Crippen molar-refractivity contribution in [3.05, 3.63) is 59.6 Å². The van der Waals surface area contributed by atoms with Gasteiger partial charge in [0.05, 0.1) is 23.4 Å². The van der Waals surface area contributed by atoms with E-state index < -0.39 is 11.7 Å². The van der Waals surface area contributed by atoms with Gasteiger partial charge in [-0.1, -0.05) is 22.5 Å². The molecule has 2 aromatic carbocycles. The SMILES string of the molecule is C=CC(=O)Nc1cc2c(Nc3ccc(Br)cc3F)ncnc2cc1OCC1=NCCO1. The van der Waals surface area contributed by atoms with Crippen molar-refractivity contribution in [2.24, 2.45) is 4.99 Å². The fourth-order valence-electron chi connectivity index (χ4n) is 2.91. The molecule has 0 bridgehead atoms. The number of hydrogen-bond acceptors (Lipinski definition) is 7. The smallest absolute Gasteiger partial charge is 0.247 e. The van der Waals surface area contributed by atoms with Crippen LogP contribution in [0.2, 0.25) is 0 Å². The molecule has 4 rings (SSSR count). The van der Waals surface area contributed by atoms with Crippen LogP contribution in [0.15, 0.2) is 58.8 Å². The Hall–Kier alpha value is -3.53. The van der Waals surface area contributed by atoms with E-state index in [4.69, 9.17) is 9.47 Å². The van der Waals surface area contributed by atoms with Gasteiger partial charge in [0, 0.05) is 15.9 Å². The van der Waals surface area contributed by atoms with Gasteiger partial charge < -0.3 is 20.1 Å². The molecule has 0 saturated heterocycles. The lowest BCUT2D eigenvalue weighted by atomic mass is 10.1. The summed E-state index contributed by atoms with van der Waals surface area (Å²) < 4.78 is 26.1. The molecule has 10 heteroatoms. The molecule has 31 heavy (non-hydrogen) atoms. The number of benzene rings is 2. The van der Waals surface area contributed by atoms with Gasteiger partial charge in [-0.25, -0.2) is 19.4 Å². The number of aromatic nitrogens is 2. The predicted molar refractivity (Wildman–Crippen MR) is 119 cm³/mol. The number of amides is 1. The number of halogens is 2. The van der Waals surface area contributed by atoms with Gasteiger partial charge >= 0.3 is 0 Å². The van der Waals surface area contributed by atoms with Crippen LogP contribution in [0.4, 0.5) is 21.6 Å². The number of fused-ring (bicyclic) bond motifs is 1. The summed E-state index contributed by atoms with van der Waals surface area (Å²) in [5, 5.41) is 6.25. The van der Waals surface area contributed by atoms with Crippen molar-refractivity contribution in [2.45, 2.75) is 0 Å². The van der Waals surface area contributed by atoms with E-state index in [2.05, 4.69) is 48.1 Å².